The second-order valence-corrected chi connectivity index (χ2v) is 4.51. The minimum absolute atomic E-state index is 0.0720. The molecule has 1 fully saturated rings. The Kier molecular flexibility index (Phi) is 4.54. The number of ether oxygens (including phenoxy) is 1. The number of hydrogen-bond acceptors (Lipinski definition) is 3. The summed E-state index contributed by atoms with van der Waals surface area (Å²) in [5.41, 5.74) is 0.754. The first kappa shape index (κ1) is 12.8. The normalized spacial score (nSPS) is 15.6. The zero-order valence-corrected chi connectivity index (χ0v) is 10.3. The van der Waals surface area contributed by atoms with Crippen molar-refractivity contribution < 1.29 is 9.13 Å². The Morgan fingerprint density at radius 2 is 2.17 bits per heavy atom. The highest BCUT2D eigenvalue weighted by atomic mass is 19.1. The number of benzene rings is 1. The van der Waals surface area contributed by atoms with E-state index in [0.29, 0.717) is 24.9 Å². The van der Waals surface area contributed by atoms with Crippen LogP contribution < -0.4 is 5.32 Å². The molecule has 1 aromatic carbocycles. The van der Waals surface area contributed by atoms with E-state index >= 15 is 0 Å². The molecule has 4 heteroatoms. The lowest BCUT2D eigenvalue weighted by atomic mass is 10.2. The summed E-state index contributed by atoms with van der Waals surface area (Å²) < 4.78 is 19.0. The van der Waals surface area contributed by atoms with Gasteiger partial charge in [0.25, 0.3) is 0 Å². The third kappa shape index (κ3) is 3.44. The maximum Gasteiger partial charge on any atom is 0.143 e. The number of nitrogens with zero attached hydrogens (tertiary/aromatic N) is 1. The molecule has 1 saturated carbocycles. The number of hydrogen-bond donors (Lipinski definition) is 1. The Morgan fingerprint density at radius 3 is 2.83 bits per heavy atom. The standard InChI is InChI=1S/C14H17FN2O/c15-14-9-12(6-5-11(14)10-16)17-7-8-18-13-3-1-2-4-13/h5-6,9,13,17H,1-4,7-8H2. The first-order chi connectivity index (χ1) is 8.79. The highest BCUT2D eigenvalue weighted by Gasteiger charge is 2.14. The molecule has 0 spiro atoms. The fourth-order valence-corrected chi connectivity index (χ4v) is 2.19. The maximum atomic E-state index is 13.3. The molecular formula is C14H17FN2O. The van der Waals surface area contributed by atoms with Gasteiger partial charge in [0.05, 0.1) is 18.3 Å². The zero-order chi connectivity index (χ0) is 12.8. The van der Waals surface area contributed by atoms with Gasteiger partial charge in [0.15, 0.2) is 0 Å². The van der Waals surface area contributed by atoms with Gasteiger partial charge in [0.1, 0.15) is 11.9 Å². The van der Waals surface area contributed by atoms with Crippen LogP contribution in [0.5, 0.6) is 0 Å². The van der Waals surface area contributed by atoms with Gasteiger partial charge in [-0.15, -0.1) is 0 Å². The van der Waals surface area contributed by atoms with Gasteiger partial charge in [-0.1, -0.05) is 12.8 Å². The van der Waals surface area contributed by atoms with Gasteiger partial charge in [0.2, 0.25) is 0 Å². The molecule has 1 N–H and O–H groups in total. The number of rotatable bonds is 5. The van der Waals surface area contributed by atoms with Crippen molar-refractivity contribution in [1.29, 1.82) is 5.26 Å². The van der Waals surface area contributed by atoms with Crippen LogP contribution in [0.2, 0.25) is 0 Å². The Morgan fingerprint density at radius 1 is 1.39 bits per heavy atom. The number of nitrogens with one attached hydrogen (secondary N) is 1. The molecule has 0 atom stereocenters. The van der Waals surface area contributed by atoms with E-state index in [1.807, 2.05) is 0 Å². The molecule has 0 heterocycles. The van der Waals surface area contributed by atoms with Crippen molar-refractivity contribution in [3.63, 3.8) is 0 Å². The second-order valence-electron chi connectivity index (χ2n) is 4.51. The predicted octanol–water partition coefficient (Wildman–Crippen LogP) is 3.07. The zero-order valence-electron chi connectivity index (χ0n) is 10.3. The molecule has 0 amide bonds. The summed E-state index contributed by atoms with van der Waals surface area (Å²) in [5, 5.41) is 11.7. The molecule has 3 nitrogen and oxygen atoms in total. The van der Waals surface area contributed by atoms with Crippen LogP contribution in [-0.4, -0.2) is 19.3 Å². The average Bonchev–Trinajstić information content (AvgIpc) is 2.88. The van der Waals surface area contributed by atoms with Crippen molar-refractivity contribution in [3.8, 4) is 6.07 Å². The predicted molar refractivity (Wildman–Crippen MR) is 67.8 cm³/mol. The highest BCUT2D eigenvalue weighted by molar-refractivity contribution is 5.48. The van der Waals surface area contributed by atoms with Crippen molar-refractivity contribution >= 4 is 5.69 Å². The summed E-state index contributed by atoms with van der Waals surface area (Å²) in [6.45, 7) is 1.29. The third-order valence-electron chi connectivity index (χ3n) is 3.18. The van der Waals surface area contributed by atoms with E-state index in [9.17, 15) is 4.39 Å². The summed E-state index contributed by atoms with van der Waals surface area (Å²) in [5.74, 6) is -0.487. The fraction of sp³-hybridized carbons (Fsp3) is 0.500. The first-order valence-corrected chi connectivity index (χ1v) is 6.35. The van der Waals surface area contributed by atoms with Gasteiger partial charge in [0, 0.05) is 12.2 Å². The van der Waals surface area contributed by atoms with E-state index in [4.69, 9.17) is 10.00 Å². The maximum absolute atomic E-state index is 13.3. The van der Waals surface area contributed by atoms with Crippen molar-refractivity contribution in [2.75, 3.05) is 18.5 Å². The lowest BCUT2D eigenvalue weighted by Crippen LogP contribution is -2.15. The van der Waals surface area contributed by atoms with Crippen LogP contribution in [0.3, 0.4) is 0 Å². The van der Waals surface area contributed by atoms with E-state index in [-0.39, 0.29) is 5.56 Å². The van der Waals surface area contributed by atoms with E-state index in [1.54, 1.807) is 12.1 Å². The summed E-state index contributed by atoms with van der Waals surface area (Å²) in [4.78, 5) is 0. The summed E-state index contributed by atoms with van der Waals surface area (Å²) in [7, 11) is 0. The SMILES string of the molecule is N#Cc1ccc(NCCOC2CCCC2)cc1F. The minimum Gasteiger partial charge on any atom is -0.383 e. The van der Waals surface area contributed by atoms with Crippen LogP contribution in [0, 0.1) is 17.1 Å². The molecule has 96 valence electrons. The Bertz CT molecular complexity index is 436. The molecular weight excluding hydrogens is 231 g/mol. The first-order valence-electron chi connectivity index (χ1n) is 6.35. The molecule has 0 saturated heterocycles. The van der Waals surface area contributed by atoms with Gasteiger partial charge in [-0.05, 0) is 31.0 Å². The van der Waals surface area contributed by atoms with Crippen LogP contribution >= 0.6 is 0 Å². The summed E-state index contributed by atoms with van der Waals surface area (Å²) in [6, 6.07) is 6.33. The topological polar surface area (TPSA) is 45.0 Å². The van der Waals surface area contributed by atoms with Crippen LogP contribution in [0.25, 0.3) is 0 Å². The van der Waals surface area contributed by atoms with Gasteiger partial charge in [-0.2, -0.15) is 5.26 Å². The van der Waals surface area contributed by atoms with Gasteiger partial charge >= 0.3 is 0 Å². The molecule has 0 radical (unpaired) electrons. The summed E-state index contributed by atoms with van der Waals surface area (Å²) in [6.07, 6.45) is 5.25. The van der Waals surface area contributed by atoms with Crippen molar-refractivity contribution in [2.24, 2.45) is 0 Å². The molecule has 18 heavy (non-hydrogen) atoms. The Balaban J connectivity index is 1.73. The quantitative estimate of drug-likeness (QED) is 0.814. The molecule has 0 aliphatic heterocycles. The smallest absolute Gasteiger partial charge is 0.143 e. The average molecular weight is 248 g/mol. The Labute approximate surface area is 107 Å². The van der Waals surface area contributed by atoms with E-state index in [0.717, 1.165) is 12.8 Å². The molecule has 2 rings (SSSR count). The van der Waals surface area contributed by atoms with Crippen LogP contribution in [-0.2, 0) is 4.74 Å². The molecule has 1 aliphatic rings. The van der Waals surface area contributed by atoms with Crippen LogP contribution in [0.15, 0.2) is 18.2 Å². The Hall–Kier alpha value is -1.60. The second kappa shape index (κ2) is 6.36. The van der Waals surface area contributed by atoms with E-state index in [1.165, 1.54) is 25.0 Å². The van der Waals surface area contributed by atoms with Crippen LogP contribution in [0.4, 0.5) is 10.1 Å². The van der Waals surface area contributed by atoms with Gasteiger partial charge < -0.3 is 10.1 Å². The van der Waals surface area contributed by atoms with E-state index < -0.39 is 5.82 Å². The molecule has 0 aromatic heterocycles. The lowest BCUT2D eigenvalue weighted by Gasteiger charge is -2.12. The van der Waals surface area contributed by atoms with Crippen LogP contribution in [0.1, 0.15) is 31.2 Å². The number of halogens is 1. The minimum atomic E-state index is -0.487. The molecule has 0 unspecified atom stereocenters. The van der Waals surface area contributed by atoms with Gasteiger partial charge in [-0.25, -0.2) is 4.39 Å². The monoisotopic (exact) mass is 248 g/mol. The lowest BCUT2D eigenvalue weighted by molar-refractivity contribution is 0.0659. The fourth-order valence-electron chi connectivity index (χ4n) is 2.19. The molecule has 1 aromatic rings. The van der Waals surface area contributed by atoms with Crippen molar-refractivity contribution in [3.05, 3.63) is 29.6 Å². The highest BCUT2D eigenvalue weighted by Crippen LogP contribution is 2.20. The number of nitriles is 1. The van der Waals surface area contributed by atoms with Gasteiger partial charge in [-0.3, -0.25) is 0 Å². The molecule has 0 bridgehead atoms. The van der Waals surface area contributed by atoms with Crippen molar-refractivity contribution in [2.45, 2.75) is 31.8 Å². The molecule has 1 aliphatic carbocycles. The number of anilines is 1. The third-order valence-corrected chi connectivity index (χ3v) is 3.18. The van der Waals surface area contributed by atoms with E-state index in [2.05, 4.69) is 5.32 Å². The summed E-state index contributed by atoms with van der Waals surface area (Å²) >= 11 is 0. The van der Waals surface area contributed by atoms with Crippen molar-refractivity contribution in [1.82, 2.24) is 0 Å². The largest absolute Gasteiger partial charge is 0.383 e.